The summed E-state index contributed by atoms with van der Waals surface area (Å²) < 4.78 is 7.10. The van der Waals surface area contributed by atoms with Gasteiger partial charge in [0.1, 0.15) is 11.2 Å². The Hall–Kier alpha value is -6.90. The van der Waals surface area contributed by atoms with E-state index in [1.807, 2.05) is 0 Å². The number of rotatable bonds is 4. The van der Waals surface area contributed by atoms with Crippen molar-refractivity contribution in [2.45, 2.75) is 38.5 Å². The third-order valence-electron chi connectivity index (χ3n) is 13.5. The maximum atomic E-state index is 7.10. The molecule has 0 radical (unpaired) electrons. The molecule has 0 N–H and O–H groups in total. The molecule has 2 heteroatoms. The van der Waals surface area contributed by atoms with Gasteiger partial charge in [0.2, 0.25) is 0 Å². The molecule has 0 amide bonds. The first-order chi connectivity index (χ1) is 28.3. The Bertz CT molecular complexity index is 3250. The summed E-state index contributed by atoms with van der Waals surface area (Å²) in [5.74, 6) is 0. The van der Waals surface area contributed by atoms with Gasteiger partial charge in [-0.1, -0.05) is 167 Å². The van der Waals surface area contributed by atoms with Crippen molar-refractivity contribution in [3.63, 3.8) is 0 Å². The van der Waals surface area contributed by atoms with Crippen LogP contribution in [0.5, 0.6) is 0 Å². The van der Waals surface area contributed by atoms with E-state index in [0.717, 1.165) is 33.2 Å². The molecule has 0 bridgehead atoms. The summed E-state index contributed by atoms with van der Waals surface area (Å²) >= 11 is 0. The molecule has 1 aromatic heterocycles. The number of hydrogen-bond donors (Lipinski definition) is 0. The van der Waals surface area contributed by atoms with Gasteiger partial charge in [-0.15, -0.1) is 0 Å². The van der Waals surface area contributed by atoms with Gasteiger partial charge in [-0.3, -0.25) is 0 Å². The van der Waals surface area contributed by atoms with Crippen LogP contribution in [0.3, 0.4) is 0 Å². The Kier molecular flexibility index (Phi) is 6.78. The summed E-state index contributed by atoms with van der Waals surface area (Å²) in [5.41, 5.74) is 17.7. The van der Waals surface area contributed by atoms with E-state index in [2.05, 4.69) is 209 Å². The Morgan fingerprint density at radius 2 is 0.897 bits per heavy atom. The molecular weight excluding hydrogens is 703 g/mol. The van der Waals surface area contributed by atoms with E-state index in [1.165, 1.54) is 83.0 Å². The number of anilines is 3. The molecule has 2 aliphatic carbocycles. The van der Waals surface area contributed by atoms with Gasteiger partial charge in [0.15, 0.2) is 0 Å². The Morgan fingerprint density at radius 1 is 0.379 bits per heavy atom. The third-order valence-corrected chi connectivity index (χ3v) is 13.5. The number of hydrogen-bond acceptors (Lipinski definition) is 2. The molecule has 9 aromatic carbocycles. The SMILES string of the molecule is CC1(C)c2ccccc2-c2c(N(c3cccc4c3-c3ccccc3C4(C)C)c3ccc(-c4cc5ccccc5c5ccccc45)c4oc5ccccc5c34)cccc21. The molecule has 12 rings (SSSR count). The lowest BCUT2D eigenvalue weighted by Crippen LogP contribution is -2.17. The summed E-state index contributed by atoms with van der Waals surface area (Å²) in [6, 6.07) is 65.0. The summed E-state index contributed by atoms with van der Waals surface area (Å²) in [5, 5.41) is 7.14. The normalized spacial score (nSPS) is 14.5. The average molecular weight is 744 g/mol. The van der Waals surface area contributed by atoms with Crippen molar-refractivity contribution in [2.75, 3.05) is 4.90 Å². The van der Waals surface area contributed by atoms with Crippen molar-refractivity contribution in [1.82, 2.24) is 0 Å². The zero-order valence-electron chi connectivity index (χ0n) is 33.1. The first-order valence-electron chi connectivity index (χ1n) is 20.4. The van der Waals surface area contributed by atoms with Crippen LogP contribution in [0.15, 0.2) is 180 Å². The van der Waals surface area contributed by atoms with Crippen LogP contribution >= 0.6 is 0 Å². The van der Waals surface area contributed by atoms with Gasteiger partial charge in [0.25, 0.3) is 0 Å². The molecule has 2 nitrogen and oxygen atoms in total. The highest BCUT2D eigenvalue weighted by molar-refractivity contribution is 6.21. The molecule has 1 heterocycles. The summed E-state index contributed by atoms with van der Waals surface area (Å²) in [7, 11) is 0. The quantitative estimate of drug-likeness (QED) is 0.167. The van der Waals surface area contributed by atoms with Crippen molar-refractivity contribution in [3.05, 3.63) is 198 Å². The molecule has 0 fully saturated rings. The number of para-hydroxylation sites is 1. The standard InChI is InChI=1S/C56H41NO/c1-55(2)43-24-12-9-21-39(43)51-45(55)26-15-28-47(51)57(48-29-16-27-46-52(48)40-22-10-13-25-44(40)56(46,3)4)49-32-31-38(54-53(49)41-23-11-14-30-50(41)58-54)42-33-34-17-5-6-18-35(34)36-19-7-8-20-37(36)42/h5-33H,1-4H3. The summed E-state index contributed by atoms with van der Waals surface area (Å²) in [4.78, 5) is 2.57. The molecule has 0 saturated carbocycles. The van der Waals surface area contributed by atoms with Gasteiger partial charge in [-0.2, -0.15) is 0 Å². The van der Waals surface area contributed by atoms with Gasteiger partial charge in [-0.25, -0.2) is 0 Å². The van der Waals surface area contributed by atoms with E-state index in [-0.39, 0.29) is 10.8 Å². The minimum atomic E-state index is -0.153. The van der Waals surface area contributed by atoms with Crippen LogP contribution in [-0.4, -0.2) is 0 Å². The number of fused-ring (bicyclic) bond motifs is 12. The lowest BCUT2D eigenvalue weighted by molar-refractivity contribution is 0.660. The van der Waals surface area contributed by atoms with Gasteiger partial charge in [0, 0.05) is 32.9 Å². The fourth-order valence-electron chi connectivity index (χ4n) is 10.7. The first kappa shape index (κ1) is 33.3. The highest BCUT2D eigenvalue weighted by atomic mass is 16.3. The van der Waals surface area contributed by atoms with Gasteiger partial charge < -0.3 is 9.32 Å². The smallest absolute Gasteiger partial charge is 0.145 e. The van der Waals surface area contributed by atoms with Crippen LogP contribution in [0, 0.1) is 0 Å². The monoisotopic (exact) mass is 743 g/mol. The molecule has 0 unspecified atom stereocenters. The molecule has 58 heavy (non-hydrogen) atoms. The Balaban J connectivity index is 1.23. The summed E-state index contributed by atoms with van der Waals surface area (Å²) in [6.07, 6.45) is 0. The Labute approximate surface area is 338 Å². The van der Waals surface area contributed by atoms with E-state index in [9.17, 15) is 0 Å². The van der Waals surface area contributed by atoms with Crippen molar-refractivity contribution >= 4 is 60.5 Å². The van der Waals surface area contributed by atoms with Crippen molar-refractivity contribution in [1.29, 1.82) is 0 Å². The maximum Gasteiger partial charge on any atom is 0.145 e. The van der Waals surface area contributed by atoms with Crippen LogP contribution in [0.2, 0.25) is 0 Å². The van der Waals surface area contributed by atoms with E-state index >= 15 is 0 Å². The highest BCUT2D eigenvalue weighted by Gasteiger charge is 2.41. The predicted octanol–water partition coefficient (Wildman–Crippen LogP) is 15.6. The van der Waals surface area contributed by atoms with E-state index < -0.39 is 0 Å². The minimum absolute atomic E-state index is 0.153. The van der Waals surface area contributed by atoms with Crippen LogP contribution in [-0.2, 0) is 10.8 Å². The van der Waals surface area contributed by atoms with E-state index in [0.29, 0.717) is 0 Å². The van der Waals surface area contributed by atoms with Gasteiger partial charge in [-0.05, 0) is 96.9 Å². The lowest BCUT2D eigenvalue weighted by atomic mass is 9.82. The fourth-order valence-corrected chi connectivity index (χ4v) is 10.7. The zero-order chi connectivity index (χ0) is 38.9. The fraction of sp³-hybridized carbons (Fsp3) is 0.107. The molecule has 2 aliphatic rings. The van der Waals surface area contributed by atoms with E-state index in [1.54, 1.807) is 0 Å². The minimum Gasteiger partial charge on any atom is -0.455 e. The van der Waals surface area contributed by atoms with Crippen LogP contribution in [0.4, 0.5) is 17.1 Å². The number of furan rings is 1. The second-order valence-corrected chi connectivity index (χ2v) is 17.2. The Morgan fingerprint density at radius 3 is 1.55 bits per heavy atom. The van der Waals surface area contributed by atoms with E-state index in [4.69, 9.17) is 4.42 Å². The van der Waals surface area contributed by atoms with Crippen molar-refractivity contribution in [3.8, 4) is 33.4 Å². The lowest BCUT2D eigenvalue weighted by Gasteiger charge is -2.32. The van der Waals surface area contributed by atoms with Gasteiger partial charge in [0.05, 0.1) is 22.4 Å². The second-order valence-electron chi connectivity index (χ2n) is 17.2. The number of benzene rings is 9. The molecule has 0 spiro atoms. The third kappa shape index (κ3) is 4.38. The van der Waals surface area contributed by atoms with Gasteiger partial charge >= 0.3 is 0 Å². The second kappa shape index (κ2) is 11.8. The van der Waals surface area contributed by atoms with Crippen molar-refractivity contribution < 1.29 is 4.42 Å². The molecule has 0 saturated heterocycles. The molecular formula is C56H41NO. The zero-order valence-corrected chi connectivity index (χ0v) is 33.1. The number of nitrogens with zero attached hydrogens (tertiary/aromatic N) is 1. The van der Waals surface area contributed by atoms with Crippen LogP contribution in [0.1, 0.15) is 49.9 Å². The molecule has 10 aromatic rings. The average Bonchev–Trinajstić information content (AvgIpc) is 3.85. The van der Waals surface area contributed by atoms with Crippen LogP contribution < -0.4 is 4.90 Å². The maximum absolute atomic E-state index is 7.10. The topological polar surface area (TPSA) is 16.4 Å². The predicted molar refractivity (Wildman–Crippen MR) is 244 cm³/mol. The largest absolute Gasteiger partial charge is 0.455 e. The summed E-state index contributed by atoms with van der Waals surface area (Å²) in [6.45, 7) is 9.48. The van der Waals surface area contributed by atoms with Crippen molar-refractivity contribution in [2.24, 2.45) is 0 Å². The highest BCUT2D eigenvalue weighted by Crippen LogP contribution is 2.59. The van der Waals surface area contributed by atoms with Crippen LogP contribution in [0.25, 0.3) is 76.9 Å². The first-order valence-corrected chi connectivity index (χ1v) is 20.4. The molecule has 0 atom stereocenters. The molecule has 0 aliphatic heterocycles. The molecule has 276 valence electrons.